The molecule has 2 heterocycles. The van der Waals surface area contributed by atoms with E-state index in [-0.39, 0.29) is 6.01 Å². The Kier molecular flexibility index (Phi) is 6.09. The van der Waals surface area contributed by atoms with E-state index >= 15 is 0 Å². The maximum Gasteiger partial charge on any atom is 0.324 e. The lowest BCUT2D eigenvalue weighted by molar-refractivity contribution is 0.393. The Morgan fingerprint density at radius 3 is 2.47 bits per heavy atom. The Balaban J connectivity index is 1.57. The third-order valence-corrected chi connectivity index (χ3v) is 5.86. The average molecular weight is 491 g/mol. The van der Waals surface area contributed by atoms with E-state index in [1.165, 1.54) is 0 Å². The van der Waals surface area contributed by atoms with Crippen LogP contribution in [-0.2, 0) is 6.54 Å². The lowest BCUT2D eigenvalue weighted by Crippen LogP contribution is -2.04. The van der Waals surface area contributed by atoms with Crippen molar-refractivity contribution < 1.29 is 9.26 Å². The summed E-state index contributed by atoms with van der Waals surface area (Å²) in [5, 5.41) is 9.66. The van der Waals surface area contributed by atoms with E-state index in [0.717, 1.165) is 39.0 Å². The predicted octanol–water partition coefficient (Wildman–Crippen LogP) is 7.61. The van der Waals surface area contributed by atoms with Crippen LogP contribution in [-0.4, -0.2) is 15.1 Å². The number of rotatable bonds is 6. The Bertz CT molecular complexity index is 1460. The van der Waals surface area contributed by atoms with Gasteiger partial charge in [0.15, 0.2) is 0 Å². The fraction of sp³-hybridized carbons (Fsp3) is 0.115. The fourth-order valence-electron chi connectivity index (χ4n) is 3.78. The Morgan fingerprint density at radius 2 is 1.74 bits per heavy atom. The van der Waals surface area contributed by atoms with Gasteiger partial charge in [0, 0.05) is 27.5 Å². The fourth-order valence-corrected chi connectivity index (χ4v) is 4.12. The zero-order valence-electron chi connectivity index (χ0n) is 18.5. The van der Waals surface area contributed by atoms with Crippen molar-refractivity contribution in [2.24, 2.45) is 0 Å². The molecule has 2 aromatic heterocycles. The molecule has 34 heavy (non-hydrogen) atoms. The van der Waals surface area contributed by atoms with Crippen molar-refractivity contribution in [1.29, 1.82) is 0 Å². The molecule has 0 bridgehead atoms. The first-order valence-corrected chi connectivity index (χ1v) is 11.4. The van der Waals surface area contributed by atoms with Crippen molar-refractivity contribution >= 4 is 39.9 Å². The first-order chi connectivity index (χ1) is 16.5. The average Bonchev–Trinajstić information content (AvgIpc) is 3.16. The molecule has 0 aliphatic heterocycles. The molecule has 8 heteroatoms. The van der Waals surface area contributed by atoms with Gasteiger partial charge in [0.25, 0.3) is 0 Å². The number of hydrogen-bond donors (Lipinski definition) is 1. The number of halogens is 2. The van der Waals surface area contributed by atoms with Crippen molar-refractivity contribution in [3.05, 3.63) is 93.8 Å². The van der Waals surface area contributed by atoms with Gasteiger partial charge in [-0.2, -0.15) is 9.97 Å². The zero-order chi connectivity index (χ0) is 23.7. The Hall–Kier alpha value is -3.61. The molecule has 3 aromatic carbocycles. The highest BCUT2D eigenvalue weighted by atomic mass is 35.5. The van der Waals surface area contributed by atoms with Crippen LogP contribution in [0.1, 0.15) is 17.0 Å². The number of hydrogen-bond acceptors (Lipinski definition) is 6. The van der Waals surface area contributed by atoms with Crippen LogP contribution in [0.25, 0.3) is 22.0 Å². The topological polar surface area (TPSA) is 73.1 Å². The second-order valence-electron chi connectivity index (χ2n) is 7.83. The van der Waals surface area contributed by atoms with Crippen molar-refractivity contribution in [2.45, 2.75) is 20.4 Å². The summed E-state index contributed by atoms with van der Waals surface area (Å²) in [7, 11) is 0. The third kappa shape index (κ3) is 4.69. The van der Waals surface area contributed by atoms with Crippen molar-refractivity contribution in [2.75, 3.05) is 5.32 Å². The molecular weight excluding hydrogens is 471 g/mol. The van der Waals surface area contributed by atoms with Gasteiger partial charge in [-0.3, -0.25) is 0 Å². The summed E-state index contributed by atoms with van der Waals surface area (Å²) in [5.74, 6) is 1.99. The van der Waals surface area contributed by atoms with Crippen LogP contribution >= 0.6 is 23.2 Å². The quantitative estimate of drug-likeness (QED) is 0.264. The van der Waals surface area contributed by atoms with E-state index in [9.17, 15) is 0 Å². The largest absolute Gasteiger partial charge is 0.424 e. The maximum absolute atomic E-state index is 6.16. The number of aromatic nitrogens is 3. The van der Waals surface area contributed by atoms with E-state index in [2.05, 4.69) is 20.4 Å². The highest BCUT2D eigenvalue weighted by Crippen LogP contribution is 2.33. The lowest BCUT2D eigenvalue weighted by Gasteiger charge is -2.13. The molecule has 0 saturated carbocycles. The lowest BCUT2D eigenvalue weighted by atomic mass is 10.0. The molecule has 1 N–H and O–H groups in total. The van der Waals surface area contributed by atoms with Gasteiger partial charge in [-0.25, -0.2) is 0 Å². The van der Waals surface area contributed by atoms with Crippen LogP contribution in [0.4, 0.5) is 5.82 Å². The maximum atomic E-state index is 6.16. The van der Waals surface area contributed by atoms with Crippen LogP contribution < -0.4 is 10.1 Å². The first kappa shape index (κ1) is 22.2. The van der Waals surface area contributed by atoms with Crippen molar-refractivity contribution in [3.8, 4) is 22.9 Å². The number of benzene rings is 3. The molecule has 0 spiro atoms. The van der Waals surface area contributed by atoms with E-state index in [0.29, 0.717) is 28.2 Å². The Labute approximate surface area is 206 Å². The number of nitrogens with zero attached hydrogens (tertiary/aromatic N) is 3. The molecule has 0 saturated heterocycles. The van der Waals surface area contributed by atoms with Gasteiger partial charge in [-0.15, -0.1) is 0 Å². The summed E-state index contributed by atoms with van der Waals surface area (Å²) >= 11 is 12.1. The molecule has 170 valence electrons. The number of aryl methyl sites for hydroxylation is 2. The first-order valence-electron chi connectivity index (χ1n) is 10.6. The molecule has 0 amide bonds. The molecule has 0 unspecified atom stereocenters. The highest BCUT2D eigenvalue weighted by Gasteiger charge is 2.15. The van der Waals surface area contributed by atoms with Gasteiger partial charge < -0.3 is 14.6 Å². The van der Waals surface area contributed by atoms with Crippen molar-refractivity contribution in [1.82, 2.24) is 15.1 Å². The predicted molar refractivity (Wildman–Crippen MR) is 135 cm³/mol. The number of ether oxygens (including phenoxy) is 1. The molecule has 0 fully saturated rings. The standard InChI is InChI=1S/C26H20Cl2N4O2/c1-15-24(16(2)34-32-15)18-6-11-23-22(13-18)25(29-14-17-4-3-5-20(28)12-17)31-26(30-23)33-21-9-7-19(27)8-10-21/h3-13H,14H2,1-2H3,(H,29,30,31). The second-order valence-corrected chi connectivity index (χ2v) is 8.70. The molecule has 0 aliphatic rings. The van der Waals surface area contributed by atoms with Gasteiger partial charge in [-0.1, -0.05) is 46.6 Å². The summed E-state index contributed by atoms with van der Waals surface area (Å²) in [6.07, 6.45) is 0. The van der Waals surface area contributed by atoms with Crippen LogP contribution in [0.15, 0.2) is 71.3 Å². The van der Waals surface area contributed by atoms with E-state index < -0.39 is 0 Å². The smallest absolute Gasteiger partial charge is 0.324 e. The molecule has 0 aliphatic carbocycles. The Morgan fingerprint density at radius 1 is 0.912 bits per heavy atom. The molecule has 0 radical (unpaired) electrons. The van der Waals surface area contributed by atoms with Gasteiger partial charge in [0.05, 0.1) is 11.2 Å². The minimum absolute atomic E-state index is 0.230. The highest BCUT2D eigenvalue weighted by molar-refractivity contribution is 6.30. The van der Waals surface area contributed by atoms with Crippen LogP contribution in [0.3, 0.4) is 0 Å². The molecule has 5 aromatic rings. The zero-order valence-corrected chi connectivity index (χ0v) is 20.0. The van der Waals surface area contributed by atoms with Gasteiger partial charge >= 0.3 is 6.01 Å². The number of nitrogens with one attached hydrogen (secondary N) is 1. The monoisotopic (exact) mass is 490 g/mol. The minimum Gasteiger partial charge on any atom is -0.424 e. The molecular formula is C26H20Cl2N4O2. The second kappa shape index (κ2) is 9.33. The van der Waals surface area contributed by atoms with Gasteiger partial charge in [0.2, 0.25) is 0 Å². The number of anilines is 1. The van der Waals surface area contributed by atoms with E-state index in [1.807, 2.05) is 56.3 Å². The summed E-state index contributed by atoms with van der Waals surface area (Å²) < 4.78 is 11.3. The number of fused-ring (bicyclic) bond motifs is 1. The minimum atomic E-state index is 0.230. The van der Waals surface area contributed by atoms with Crippen LogP contribution in [0.2, 0.25) is 10.0 Å². The molecule has 5 rings (SSSR count). The van der Waals surface area contributed by atoms with Crippen LogP contribution in [0.5, 0.6) is 11.8 Å². The van der Waals surface area contributed by atoms with E-state index in [4.69, 9.17) is 32.5 Å². The summed E-state index contributed by atoms with van der Waals surface area (Å²) in [5.41, 5.74) is 4.53. The van der Waals surface area contributed by atoms with Gasteiger partial charge in [-0.05, 0) is 73.5 Å². The normalized spacial score (nSPS) is 11.1. The van der Waals surface area contributed by atoms with Gasteiger partial charge in [0.1, 0.15) is 17.3 Å². The van der Waals surface area contributed by atoms with Crippen LogP contribution in [0, 0.1) is 13.8 Å². The molecule has 0 atom stereocenters. The SMILES string of the molecule is Cc1noc(C)c1-c1ccc2nc(Oc3ccc(Cl)cc3)nc(NCc3cccc(Cl)c3)c2c1. The molecule has 6 nitrogen and oxygen atoms in total. The van der Waals surface area contributed by atoms with E-state index in [1.54, 1.807) is 24.3 Å². The summed E-state index contributed by atoms with van der Waals surface area (Å²) in [6, 6.07) is 20.9. The van der Waals surface area contributed by atoms with Crippen molar-refractivity contribution in [3.63, 3.8) is 0 Å². The summed E-state index contributed by atoms with van der Waals surface area (Å²) in [6.45, 7) is 4.36. The third-order valence-electron chi connectivity index (χ3n) is 5.37. The summed E-state index contributed by atoms with van der Waals surface area (Å²) in [4.78, 5) is 9.30.